The molecule has 0 fully saturated rings. The Morgan fingerprint density at radius 1 is 1.36 bits per heavy atom. The summed E-state index contributed by atoms with van der Waals surface area (Å²) in [5.74, 6) is -3.66. The van der Waals surface area contributed by atoms with E-state index >= 15 is 0 Å². The third-order valence-electron chi connectivity index (χ3n) is 3.04. The molecule has 0 bridgehead atoms. The second kappa shape index (κ2) is 5.78. The Labute approximate surface area is 122 Å². The van der Waals surface area contributed by atoms with Gasteiger partial charge >= 0.3 is 12.1 Å². The summed E-state index contributed by atoms with van der Waals surface area (Å²) < 4.78 is 51.8. The number of halogens is 4. The number of aromatic carboxylic acids is 1. The molecule has 0 saturated carbocycles. The quantitative estimate of drug-likeness (QED) is 0.841. The molecule has 0 aliphatic rings. The van der Waals surface area contributed by atoms with Crippen molar-refractivity contribution in [2.24, 2.45) is 0 Å². The zero-order chi connectivity index (χ0) is 16.5. The first-order chi connectivity index (χ1) is 10.2. The van der Waals surface area contributed by atoms with Crippen molar-refractivity contribution in [2.75, 3.05) is 0 Å². The molecule has 0 radical (unpaired) electrons. The monoisotopic (exact) mass is 316 g/mol. The first-order valence-corrected chi connectivity index (χ1v) is 6.43. The van der Waals surface area contributed by atoms with Crippen LogP contribution < -0.4 is 0 Å². The van der Waals surface area contributed by atoms with E-state index in [4.69, 9.17) is 5.11 Å². The highest BCUT2D eigenvalue weighted by Gasteiger charge is 2.37. The van der Waals surface area contributed by atoms with Crippen molar-refractivity contribution in [3.05, 3.63) is 41.1 Å². The standard InChI is InChI=1S/C14H12F4N2O2/c1-2-3-7-4-5-8(6-9(7)15)10-11(12(21)22)20-13(19-10)14(16,17)18/h4-6H,2-3H2,1H3,(H,19,20)(H,21,22). The second-order valence-corrected chi connectivity index (χ2v) is 4.67. The summed E-state index contributed by atoms with van der Waals surface area (Å²) in [4.78, 5) is 16.0. The van der Waals surface area contributed by atoms with Crippen LogP contribution in [-0.4, -0.2) is 21.0 Å². The summed E-state index contributed by atoms with van der Waals surface area (Å²) >= 11 is 0. The second-order valence-electron chi connectivity index (χ2n) is 4.67. The zero-order valence-corrected chi connectivity index (χ0v) is 11.5. The van der Waals surface area contributed by atoms with Gasteiger partial charge in [0.25, 0.3) is 0 Å². The van der Waals surface area contributed by atoms with Gasteiger partial charge in [-0.2, -0.15) is 13.2 Å². The first-order valence-electron chi connectivity index (χ1n) is 6.43. The fourth-order valence-electron chi connectivity index (χ4n) is 2.05. The molecular weight excluding hydrogens is 304 g/mol. The molecule has 1 heterocycles. The molecule has 8 heteroatoms. The molecule has 0 amide bonds. The molecule has 0 atom stereocenters. The highest BCUT2D eigenvalue weighted by molar-refractivity contribution is 5.93. The summed E-state index contributed by atoms with van der Waals surface area (Å²) in [5.41, 5.74) is -0.756. The van der Waals surface area contributed by atoms with Crippen LogP contribution in [-0.2, 0) is 12.6 Å². The van der Waals surface area contributed by atoms with Crippen LogP contribution in [0, 0.1) is 5.82 Å². The molecule has 0 unspecified atom stereocenters. The number of carboxylic acids is 1. The predicted molar refractivity (Wildman–Crippen MR) is 69.9 cm³/mol. The largest absolute Gasteiger partial charge is 0.476 e. The SMILES string of the molecule is CCCc1ccc(-c2[nH]c(C(F)(F)F)nc2C(=O)O)cc1F. The molecule has 118 valence electrons. The molecular formula is C14H12F4N2O2. The smallest absolute Gasteiger partial charge is 0.449 e. The number of benzene rings is 1. The summed E-state index contributed by atoms with van der Waals surface area (Å²) in [6.07, 6.45) is -3.63. The topological polar surface area (TPSA) is 66.0 Å². The molecule has 1 aromatic carbocycles. The van der Waals surface area contributed by atoms with Gasteiger partial charge in [-0.3, -0.25) is 0 Å². The van der Waals surface area contributed by atoms with Gasteiger partial charge in [-0.25, -0.2) is 14.2 Å². The van der Waals surface area contributed by atoms with E-state index in [-0.39, 0.29) is 11.3 Å². The van der Waals surface area contributed by atoms with Gasteiger partial charge in [0.2, 0.25) is 5.82 Å². The number of carbonyl (C=O) groups is 1. The highest BCUT2D eigenvalue weighted by atomic mass is 19.4. The lowest BCUT2D eigenvalue weighted by Gasteiger charge is -2.05. The summed E-state index contributed by atoms with van der Waals surface area (Å²) in [6.45, 7) is 1.86. The number of rotatable bonds is 4. The van der Waals surface area contributed by atoms with E-state index in [1.54, 1.807) is 0 Å². The Balaban J connectivity index is 2.54. The van der Waals surface area contributed by atoms with Crippen LogP contribution in [0.2, 0.25) is 0 Å². The molecule has 0 aliphatic heterocycles. The number of hydrogen-bond acceptors (Lipinski definition) is 2. The summed E-state index contributed by atoms with van der Waals surface area (Å²) in [6, 6.07) is 3.80. The van der Waals surface area contributed by atoms with Gasteiger partial charge in [-0.05, 0) is 18.1 Å². The number of nitrogens with zero attached hydrogens (tertiary/aromatic N) is 1. The third kappa shape index (κ3) is 3.10. The first kappa shape index (κ1) is 16.0. The lowest BCUT2D eigenvalue weighted by Crippen LogP contribution is -2.08. The van der Waals surface area contributed by atoms with Crippen molar-refractivity contribution in [2.45, 2.75) is 25.9 Å². The fraction of sp³-hybridized carbons (Fsp3) is 0.286. The van der Waals surface area contributed by atoms with Crippen LogP contribution >= 0.6 is 0 Å². The summed E-state index contributed by atoms with van der Waals surface area (Å²) in [7, 11) is 0. The van der Waals surface area contributed by atoms with Crippen molar-refractivity contribution >= 4 is 5.97 Å². The molecule has 2 rings (SSSR count). The van der Waals surface area contributed by atoms with Gasteiger partial charge < -0.3 is 10.1 Å². The number of hydrogen-bond donors (Lipinski definition) is 2. The number of imidazole rings is 1. The van der Waals surface area contributed by atoms with Crippen molar-refractivity contribution in [1.82, 2.24) is 9.97 Å². The minimum Gasteiger partial charge on any atom is -0.476 e. The molecule has 0 aliphatic carbocycles. The Morgan fingerprint density at radius 2 is 2.05 bits per heavy atom. The van der Waals surface area contributed by atoms with Crippen LogP contribution in [0.15, 0.2) is 18.2 Å². The van der Waals surface area contributed by atoms with Gasteiger partial charge in [0.1, 0.15) is 5.82 Å². The molecule has 4 nitrogen and oxygen atoms in total. The van der Waals surface area contributed by atoms with Crippen molar-refractivity contribution in [3.8, 4) is 11.3 Å². The van der Waals surface area contributed by atoms with Crippen LogP contribution in [0.4, 0.5) is 17.6 Å². The van der Waals surface area contributed by atoms with Crippen LogP contribution in [0.5, 0.6) is 0 Å². The minimum atomic E-state index is -4.82. The normalized spacial score (nSPS) is 11.7. The van der Waals surface area contributed by atoms with Crippen LogP contribution in [0.3, 0.4) is 0 Å². The molecule has 22 heavy (non-hydrogen) atoms. The predicted octanol–water partition coefficient (Wildman–Crippen LogP) is 3.89. The van der Waals surface area contributed by atoms with Crippen molar-refractivity contribution in [1.29, 1.82) is 0 Å². The minimum absolute atomic E-state index is 0.00208. The maximum Gasteiger partial charge on any atom is 0.449 e. The number of aryl methyl sites for hydroxylation is 1. The van der Waals surface area contributed by atoms with Gasteiger partial charge in [-0.1, -0.05) is 25.5 Å². The Hall–Kier alpha value is -2.38. The number of aromatic amines is 1. The van der Waals surface area contributed by atoms with E-state index < -0.39 is 29.5 Å². The number of alkyl halides is 3. The molecule has 2 N–H and O–H groups in total. The van der Waals surface area contributed by atoms with E-state index in [1.165, 1.54) is 12.1 Å². The highest BCUT2D eigenvalue weighted by Crippen LogP contribution is 2.31. The lowest BCUT2D eigenvalue weighted by molar-refractivity contribution is -0.144. The molecule has 0 spiro atoms. The van der Waals surface area contributed by atoms with Gasteiger partial charge in [0, 0.05) is 5.56 Å². The molecule has 2 aromatic rings. The maximum atomic E-state index is 13.9. The Bertz CT molecular complexity index is 707. The molecule has 0 saturated heterocycles. The maximum absolute atomic E-state index is 13.9. The Kier molecular flexibility index (Phi) is 4.20. The van der Waals surface area contributed by atoms with E-state index in [2.05, 4.69) is 4.98 Å². The Morgan fingerprint density at radius 3 is 2.55 bits per heavy atom. The number of carboxylic acid groups (broad SMARTS) is 1. The van der Waals surface area contributed by atoms with E-state index in [0.717, 1.165) is 6.07 Å². The van der Waals surface area contributed by atoms with E-state index in [9.17, 15) is 22.4 Å². The van der Waals surface area contributed by atoms with Crippen LogP contribution in [0.25, 0.3) is 11.3 Å². The third-order valence-corrected chi connectivity index (χ3v) is 3.04. The average Bonchev–Trinajstić information content (AvgIpc) is 2.86. The van der Waals surface area contributed by atoms with Crippen molar-refractivity contribution < 1.29 is 27.5 Å². The molecule has 1 aromatic heterocycles. The van der Waals surface area contributed by atoms with Gasteiger partial charge in [0.05, 0.1) is 5.69 Å². The zero-order valence-electron chi connectivity index (χ0n) is 11.5. The van der Waals surface area contributed by atoms with E-state index in [0.29, 0.717) is 18.4 Å². The fourth-order valence-corrected chi connectivity index (χ4v) is 2.05. The van der Waals surface area contributed by atoms with Crippen molar-refractivity contribution in [3.63, 3.8) is 0 Å². The van der Waals surface area contributed by atoms with Gasteiger partial charge in [-0.15, -0.1) is 0 Å². The lowest BCUT2D eigenvalue weighted by atomic mass is 10.0. The number of aromatic nitrogens is 2. The van der Waals surface area contributed by atoms with Gasteiger partial charge in [0.15, 0.2) is 5.69 Å². The number of H-pyrrole nitrogens is 1. The summed E-state index contributed by atoms with van der Waals surface area (Å²) in [5, 5.41) is 8.97. The number of nitrogens with one attached hydrogen (secondary N) is 1. The van der Waals surface area contributed by atoms with Crippen LogP contribution in [0.1, 0.15) is 35.2 Å². The van der Waals surface area contributed by atoms with E-state index in [1.807, 2.05) is 11.9 Å². The average molecular weight is 316 g/mol.